The van der Waals surface area contributed by atoms with Crippen molar-refractivity contribution in [2.24, 2.45) is 0 Å². The molecule has 0 bridgehead atoms. The van der Waals surface area contributed by atoms with Gasteiger partial charge in [-0.3, -0.25) is 4.79 Å². The summed E-state index contributed by atoms with van der Waals surface area (Å²) in [5.41, 5.74) is 4.51. The van der Waals surface area contributed by atoms with Crippen molar-refractivity contribution in [3.63, 3.8) is 0 Å². The Morgan fingerprint density at radius 1 is 0.844 bits per heavy atom. The number of sulfonamides is 1. The van der Waals surface area contributed by atoms with Crippen molar-refractivity contribution < 1.29 is 13.2 Å². The maximum absolute atomic E-state index is 13.7. The molecule has 1 heterocycles. The lowest BCUT2D eigenvalue weighted by molar-refractivity contribution is -0.119. The average Bonchev–Trinajstić information content (AvgIpc) is 3.47. The molecule has 1 aliphatic heterocycles. The Hall–Kier alpha value is -1.98. The second kappa shape index (κ2) is 10.3. The third-order valence-electron chi connectivity index (χ3n) is 6.42. The van der Waals surface area contributed by atoms with Gasteiger partial charge in [0.15, 0.2) is 5.78 Å². The number of rotatable bonds is 11. The Kier molecular flexibility index (Phi) is 7.94. The van der Waals surface area contributed by atoms with Crippen molar-refractivity contribution in [3.8, 4) is 0 Å². The van der Waals surface area contributed by atoms with Crippen LogP contribution in [0.15, 0.2) is 41.3 Å². The van der Waals surface area contributed by atoms with E-state index in [-0.39, 0.29) is 5.78 Å². The molecule has 1 saturated heterocycles. The zero-order chi connectivity index (χ0) is 23.5. The van der Waals surface area contributed by atoms with Gasteiger partial charge in [0.05, 0.1) is 10.9 Å². The van der Waals surface area contributed by atoms with E-state index in [2.05, 4.69) is 6.92 Å². The molecule has 2 aromatic carbocycles. The number of carbonyl (C=O) groups excluding carboxylic acids is 1. The molecular formula is C27H37NO3S. The molecule has 32 heavy (non-hydrogen) atoms. The predicted octanol–water partition coefficient (Wildman–Crippen LogP) is 6.35. The number of benzene rings is 2. The Balaban J connectivity index is 1.84. The van der Waals surface area contributed by atoms with Crippen molar-refractivity contribution in [2.45, 2.75) is 96.5 Å². The van der Waals surface area contributed by atoms with Crippen LogP contribution in [0.1, 0.15) is 85.7 Å². The van der Waals surface area contributed by atoms with Crippen LogP contribution in [0.5, 0.6) is 0 Å². The highest BCUT2D eigenvalue weighted by Gasteiger charge is 2.59. The summed E-state index contributed by atoms with van der Waals surface area (Å²) in [6, 6.07) is 10.7. The van der Waals surface area contributed by atoms with Crippen LogP contribution in [0, 0.1) is 27.7 Å². The van der Waals surface area contributed by atoms with Crippen LogP contribution in [-0.4, -0.2) is 24.5 Å². The Bertz CT molecular complexity index is 1030. The van der Waals surface area contributed by atoms with Gasteiger partial charge in [0.25, 0.3) is 0 Å². The number of unbranched alkanes of at least 4 members (excludes halogenated alkanes) is 5. The summed E-state index contributed by atoms with van der Waals surface area (Å²) in [7, 11) is -3.78. The van der Waals surface area contributed by atoms with E-state index < -0.39 is 22.1 Å². The molecule has 174 valence electrons. The minimum absolute atomic E-state index is 0.0389. The van der Waals surface area contributed by atoms with Gasteiger partial charge in [0.2, 0.25) is 10.0 Å². The van der Waals surface area contributed by atoms with Gasteiger partial charge in [-0.2, -0.15) is 4.31 Å². The number of aryl methyl sites for hydroxylation is 4. The fourth-order valence-electron chi connectivity index (χ4n) is 4.83. The molecule has 0 aromatic heterocycles. The molecule has 3 atom stereocenters. The smallest absolute Gasteiger partial charge is 0.244 e. The van der Waals surface area contributed by atoms with E-state index in [1.165, 1.54) is 23.6 Å². The normalized spacial score (nSPS) is 20.3. The van der Waals surface area contributed by atoms with Gasteiger partial charge in [-0.25, -0.2) is 8.42 Å². The number of carbonyl (C=O) groups is 1. The van der Waals surface area contributed by atoms with Crippen LogP contribution < -0.4 is 0 Å². The molecule has 0 aliphatic carbocycles. The fraction of sp³-hybridized carbons (Fsp3) is 0.519. The number of ketones is 1. The molecule has 0 spiro atoms. The molecule has 0 saturated carbocycles. The Labute approximate surface area is 194 Å². The largest absolute Gasteiger partial charge is 0.298 e. The van der Waals surface area contributed by atoms with Crippen LogP contribution in [0.3, 0.4) is 0 Å². The molecule has 1 fully saturated rings. The van der Waals surface area contributed by atoms with Crippen LogP contribution >= 0.6 is 0 Å². The monoisotopic (exact) mass is 455 g/mol. The summed E-state index contributed by atoms with van der Waals surface area (Å²) >= 11 is 0. The van der Waals surface area contributed by atoms with Crippen molar-refractivity contribution in [1.29, 1.82) is 0 Å². The van der Waals surface area contributed by atoms with Crippen molar-refractivity contribution in [1.82, 2.24) is 4.31 Å². The highest BCUT2D eigenvalue weighted by atomic mass is 32.2. The zero-order valence-corrected chi connectivity index (χ0v) is 21.0. The lowest BCUT2D eigenvalue weighted by Gasteiger charge is -2.14. The van der Waals surface area contributed by atoms with E-state index >= 15 is 0 Å². The van der Waals surface area contributed by atoms with Crippen LogP contribution in [0.4, 0.5) is 0 Å². The summed E-state index contributed by atoms with van der Waals surface area (Å²) in [5.74, 6) is 0.0389. The second-order valence-corrected chi connectivity index (χ2v) is 11.1. The van der Waals surface area contributed by atoms with Crippen LogP contribution in [-0.2, 0) is 14.8 Å². The number of hydrogen-bond acceptors (Lipinski definition) is 3. The topological polar surface area (TPSA) is 54.2 Å². The molecule has 1 aliphatic rings. The van der Waals surface area contributed by atoms with Gasteiger partial charge in [-0.1, -0.05) is 86.6 Å². The van der Waals surface area contributed by atoms with Gasteiger partial charge in [0, 0.05) is 6.42 Å². The molecule has 0 amide bonds. The van der Waals surface area contributed by atoms with E-state index in [1.54, 1.807) is 0 Å². The summed E-state index contributed by atoms with van der Waals surface area (Å²) in [6.45, 7) is 9.84. The van der Waals surface area contributed by atoms with Gasteiger partial charge >= 0.3 is 0 Å². The highest BCUT2D eigenvalue weighted by molar-refractivity contribution is 7.89. The number of hydrogen-bond donors (Lipinski definition) is 0. The molecule has 0 radical (unpaired) electrons. The van der Waals surface area contributed by atoms with Gasteiger partial charge in [-0.15, -0.1) is 0 Å². The predicted molar refractivity (Wildman–Crippen MR) is 130 cm³/mol. The first kappa shape index (κ1) is 24.7. The second-order valence-electron chi connectivity index (χ2n) is 9.35. The number of nitrogens with zero attached hydrogens (tertiary/aromatic N) is 1. The Morgan fingerprint density at radius 2 is 1.41 bits per heavy atom. The summed E-state index contributed by atoms with van der Waals surface area (Å²) in [4.78, 5) is 13.5. The quantitative estimate of drug-likeness (QED) is 0.293. The van der Waals surface area contributed by atoms with Gasteiger partial charge < -0.3 is 0 Å². The molecular weight excluding hydrogens is 418 g/mol. The van der Waals surface area contributed by atoms with Crippen molar-refractivity contribution in [2.75, 3.05) is 0 Å². The van der Waals surface area contributed by atoms with E-state index in [0.717, 1.165) is 47.1 Å². The maximum Gasteiger partial charge on any atom is 0.244 e. The van der Waals surface area contributed by atoms with Crippen molar-refractivity contribution >= 4 is 15.8 Å². The average molecular weight is 456 g/mol. The first-order chi connectivity index (χ1) is 15.2. The third kappa shape index (κ3) is 5.32. The molecule has 4 nitrogen and oxygen atoms in total. The maximum atomic E-state index is 13.7. The summed E-state index contributed by atoms with van der Waals surface area (Å²) in [6.07, 6.45) is 7.06. The Morgan fingerprint density at radius 3 is 2.00 bits per heavy atom. The van der Waals surface area contributed by atoms with Gasteiger partial charge in [-0.05, 0) is 50.8 Å². The lowest BCUT2D eigenvalue weighted by atomic mass is 10.0. The van der Waals surface area contributed by atoms with E-state index in [4.69, 9.17) is 0 Å². The van der Waals surface area contributed by atoms with Crippen LogP contribution in [0.2, 0.25) is 0 Å². The lowest BCUT2D eigenvalue weighted by Crippen LogP contribution is -2.21. The van der Waals surface area contributed by atoms with E-state index in [9.17, 15) is 13.2 Å². The molecule has 0 N–H and O–H groups in total. The van der Waals surface area contributed by atoms with Crippen molar-refractivity contribution in [3.05, 3.63) is 64.2 Å². The standard InChI is InChI=1S/C27H37NO3S/c1-6-7-8-9-10-11-12-24(29)26-25(23-15-13-19(2)14-16-23)28(26)32(30,31)27-21(4)17-20(3)18-22(27)5/h13-18,25-26H,6-12H2,1-5H3. The zero-order valence-electron chi connectivity index (χ0n) is 20.1. The van der Waals surface area contributed by atoms with Gasteiger partial charge in [0.1, 0.15) is 6.04 Å². The van der Waals surface area contributed by atoms with Crippen LogP contribution in [0.25, 0.3) is 0 Å². The minimum Gasteiger partial charge on any atom is -0.298 e. The highest BCUT2D eigenvalue weighted by Crippen LogP contribution is 2.49. The minimum atomic E-state index is -3.78. The molecule has 3 unspecified atom stereocenters. The molecule has 5 heteroatoms. The first-order valence-corrected chi connectivity index (χ1v) is 13.3. The number of Topliss-reactive ketones (excluding diaryl/α,β-unsaturated/α-hetero) is 1. The SMILES string of the molecule is CCCCCCCCC(=O)C1C(c2ccc(C)cc2)N1S(=O)(=O)c1c(C)cc(C)cc1C. The third-order valence-corrected chi connectivity index (χ3v) is 8.59. The fourth-order valence-corrected chi connectivity index (χ4v) is 6.98. The van der Waals surface area contributed by atoms with E-state index in [1.807, 2.05) is 64.1 Å². The molecule has 2 aromatic rings. The summed E-state index contributed by atoms with van der Waals surface area (Å²) < 4.78 is 28.9. The van der Waals surface area contributed by atoms with E-state index in [0.29, 0.717) is 11.3 Å². The first-order valence-electron chi connectivity index (χ1n) is 11.9. The summed E-state index contributed by atoms with van der Waals surface area (Å²) in [5, 5.41) is 0. The molecule has 3 rings (SSSR count).